The van der Waals surface area contributed by atoms with Gasteiger partial charge in [0.1, 0.15) is 5.82 Å². The van der Waals surface area contributed by atoms with Crippen molar-refractivity contribution in [3.8, 4) is 11.5 Å². The Morgan fingerprint density at radius 3 is 2.53 bits per heavy atom. The van der Waals surface area contributed by atoms with Gasteiger partial charge in [-0.1, -0.05) is 6.07 Å². The van der Waals surface area contributed by atoms with Crippen LogP contribution in [0, 0.1) is 0 Å². The predicted octanol–water partition coefficient (Wildman–Crippen LogP) is 2.00. The molecule has 3 heterocycles. The zero-order valence-electron chi connectivity index (χ0n) is 18.0. The Morgan fingerprint density at radius 2 is 1.75 bits per heavy atom. The van der Waals surface area contributed by atoms with Gasteiger partial charge >= 0.3 is 5.69 Å². The van der Waals surface area contributed by atoms with Gasteiger partial charge in [0.05, 0.1) is 5.52 Å². The summed E-state index contributed by atoms with van der Waals surface area (Å²) in [7, 11) is 0. The van der Waals surface area contributed by atoms with Gasteiger partial charge in [0.15, 0.2) is 17.1 Å². The molecule has 1 aromatic carbocycles. The lowest BCUT2D eigenvalue weighted by Crippen LogP contribution is -2.24. The molecule has 4 rings (SSSR count). The van der Waals surface area contributed by atoms with Crippen LogP contribution < -0.4 is 25.8 Å². The number of aromatic nitrogens is 3. The van der Waals surface area contributed by atoms with E-state index in [1.54, 1.807) is 27.3 Å². The molecule has 0 unspecified atom stereocenters. The van der Waals surface area contributed by atoms with Crippen molar-refractivity contribution in [1.29, 1.82) is 0 Å². The van der Waals surface area contributed by atoms with Crippen LogP contribution in [0.1, 0.15) is 32.3 Å². The number of nitrogens with zero attached hydrogens (tertiary/aromatic N) is 3. The third kappa shape index (κ3) is 4.29. The fourth-order valence-corrected chi connectivity index (χ4v) is 3.62. The average Bonchev–Trinajstić information content (AvgIpc) is 3.36. The summed E-state index contributed by atoms with van der Waals surface area (Å²) in [6, 6.07) is 8.90. The Hall–Kier alpha value is -3.82. The minimum Gasteiger partial charge on any atom is -0.454 e. The maximum atomic E-state index is 12.4. The van der Waals surface area contributed by atoms with Crippen LogP contribution in [0.2, 0.25) is 0 Å². The molecule has 0 saturated heterocycles. The predicted molar refractivity (Wildman–Crippen MR) is 118 cm³/mol. The van der Waals surface area contributed by atoms with Gasteiger partial charge in [0.2, 0.25) is 18.6 Å². The number of hydrogen-bond acceptors (Lipinski definition) is 6. The average molecular weight is 439 g/mol. The first-order chi connectivity index (χ1) is 15.5. The van der Waals surface area contributed by atoms with Crippen LogP contribution >= 0.6 is 0 Å². The van der Waals surface area contributed by atoms with Gasteiger partial charge in [-0.3, -0.25) is 18.7 Å². The molecule has 1 aliphatic heterocycles. The lowest BCUT2D eigenvalue weighted by molar-refractivity contribution is -0.124. The molecule has 3 aromatic rings. The minimum absolute atomic E-state index is 0.0171. The van der Waals surface area contributed by atoms with E-state index in [-0.39, 0.29) is 37.1 Å². The highest BCUT2D eigenvalue weighted by atomic mass is 16.7. The maximum absolute atomic E-state index is 12.4. The van der Waals surface area contributed by atoms with E-state index in [1.807, 2.05) is 26.0 Å². The quantitative estimate of drug-likeness (QED) is 0.555. The number of benzene rings is 1. The second-order valence-corrected chi connectivity index (χ2v) is 7.32. The molecular formula is C22H25N5O5. The molecule has 0 atom stereocenters. The Bertz CT molecular complexity index is 1230. The highest BCUT2D eigenvalue weighted by Crippen LogP contribution is 2.32. The summed E-state index contributed by atoms with van der Waals surface area (Å²) in [5, 5.41) is 5.50. The Balaban J connectivity index is 1.31. The smallest absolute Gasteiger partial charge is 0.330 e. The lowest BCUT2D eigenvalue weighted by atomic mass is 10.2. The van der Waals surface area contributed by atoms with Crippen molar-refractivity contribution in [2.75, 3.05) is 12.1 Å². The maximum Gasteiger partial charge on any atom is 0.330 e. The van der Waals surface area contributed by atoms with Crippen LogP contribution in [0.15, 0.2) is 35.1 Å². The van der Waals surface area contributed by atoms with E-state index < -0.39 is 0 Å². The van der Waals surface area contributed by atoms with E-state index in [1.165, 1.54) is 0 Å². The zero-order chi connectivity index (χ0) is 22.7. The SMILES string of the molecule is CCn1c(=O)n(CC)c2nc(NC(=O)CCC(=O)NCc3ccc4c(c3)OCO4)ccc21. The number of aryl methyl sites for hydroxylation is 2. The molecule has 0 saturated carbocycles. The monoisotopic (exact) mass is 439 g/mol. The van der Waals surface area contributed by atoms with Crippen LogP contribution in [0.4, 0.5) is 5.82 Å². The normalized spacial score (nSPS) is 12.2. The number of anilines is 1. The van der Waals surface area contributed by atoms with Crippen molar-refractivity contribution in [1.82, 2.24) is 19.4 Å². The van der Waals surface area contributed by atoms with Gasteiger partial charge in [-0.2, -0.15) is 0 Å². The number of amides is 2. The number of imidazole rings is 1. The molecule has 168 valence electrons. The summed E-state index contributed by atoms with van der Waals surface area (Å²) in [6.07, 6.45) is 0.0632. The summed E-state index contributed by atoms with van der Waals surface area (Å²) < 4.78 is 13.8. The fraction of sp³-hybridized carbons (Fsp3) is 0.364. The second kappa shape index (κ2) is 9.13. The fourth-order valence-electron chi connectivity index (χ4n) is 3.62. The van der Waals surface area contributed by atoms with Crippen molar-refractivity contribution in [2.24, 2.45) is 0 Å². The number of ether oxygens (including phenoxy) is 2. The van der Waals surface area contributed by atoms with Crippen LogP contribution in [0.25, 0.3) is 11.2 Å². The third-order valence-corrected chi connectivity index (χ3v) is 5.27. The molecular weight excluding hydrogens is 414 g/mol. The Morgan fingerprint density at radius 1 is 1.00 bits per heavy atom. The summed E-state index contributed by atoms with van der Waals surface area (Å²) >= 11 is 0. The molecule has 10 heteroatoms. The largest absolute Gasteiger partial charge is 0.454 e. The van der Waals surface area contributed by atoms with Gasteiger partial charge in [-0.05, 0) is 43.7 Å². The first kappa shape index (κ1) is 21.4. The van der Waals surface area contributed by atoms with Gasteiger partial charge in [-0.25, -0.2) is 9.78 Å². The van der Waals surface area contributed by atoms with Crippen molar-refractivity contribution in [2.45, 2.75) is 46.3 Å². The summed E-state index contributed by atoms with van der Waals surface area (Å²) in [6.45, 7) is 5.32. The molecule has 1 aliphatic rings. The molecule has 2 aromatic heterocycles. The molecule has 0 radical (unpaired) electrons. The number of nitrogens with one attached hydrogen (secondary N) is 2. The van der Waals surface area contributed by atoms with Gasteiger partial charge in [0.25, 0.3) is 0 Å². The van der Waals surface area contributed by atoms with Gasteiger partial charge in [0, 0.05) is 32.5 Å². The number of fused-ring (bicyclic) bond motifs is 2. The number of pyridine rings is 1. The molecule has 0 spiro atoms. The first-order valence-electron chi connectivity index (χ1n) is 10.5. The molecule has 32 heavy (non-hydrogen) atoms. The minimum atomic E-state index is -0.324. The number of carbonyl (C=O) groups is 2. The molecule has 0 aliphatic carbocycles. The van der Waals surface area contributed by atoms with E-state index in [4.69, 9.17) is 9.47 Å². The first-order valence-corrected chi connectivity index (χ1v) is 10.5. The van der Waals surface area contributed by atoms with Crippen molar-refractivity contribution in [3.63, 3.8) is 0 Å². The van der Waals surface area contributed by atoms with Crippen molar-refractivity contribution < 1.29 is 19.1 Å². The highest BCUT2D eigenvalue weighted by molar-refractivity contribution is 5.93. The zero-order valence-corrected chi connectivity index (χ0v) is 18.0. The number of rotatable bonds is 8. The summed E-state index contributed by atoms with van der Waals surface area (Å²) in [5.74, 6) is 1.13. The lowest BCUT2D eigenvalue weighted by Gasteiger charge is -2.07. The molecule has 2 N–H and O–H groups in total. The van der Waals surface area contributed by atoms with Crippen LogP contribution in [-0.2, 0) is 29.2 Å². The van der Waals surface area contributed by atoms with Crippen molar-refractivity contribution >= 4 is 28.8 Å². The summed E-state index contributed by atoms with van der Waals surface area (Å²) in [4.78, 5) is 41.3. The Kier molecular flexibility index (Phi) is 6.11. The number of hydrogen-bond donors (Lipinski definition) is 2. The van der Waals surface area contributed by atoms with Gasteiger partial charge in [-0.15, -0.1) is 0 Å². The molecule has 0 fully saturated rings. The Labute approximate surface area is 184 Å². The van der Waals surface area contributed by atoms with Gasteiger partial charge < -0.3 is 20.1 Å². The standard InChI is InChI=1S/C22H25N5O5/c1-3-26-15-6-8-18(25-21(15)27(4-2)22(26)30)24-20(29)10-9-19(28)23-12-14-5-7-16-17(11-14)32-13-31-16/h5-8,11H,3-4,9-10,12-13H2,1-2H3,(H,23,28)(H,24,25,29). The van der Waals surface area contributed by atoms with E-state index in [0.29, 0.717) is 42.6 Å². The van der Waals surface area contributed by atoms with Crippen LogP contribution in [0.5, 0.6) is 11.5 Å². The molecule has 10 nitrogen and oxygen atoms in total. The third-order valence-electron chi connectivity index (χ3n) is 5.27. The van der Waals surface area contributed by atoms with Crippen LogP contribution in [-0.4, -0.2) is 32.7 Å². The van der Waals surface area contributed by atoms with Crippen molar-refractivity contribution in [3.05, 3.63) is 46.4 Å². The molecule has 0 bridgehead atoms. The van der Waals surface area contributed by atoms with E-state index in [9.17, 15) is 14.4 Å². The highest BCUT2D eigenvalue weighted by Gasteiger charge is 2.15. The number of carbonyl (C=O) groups excluding carboxylic acids is 2. The van der Waals surface area contributed by atoms with E-state index in [0.717, 1.165) is 11.1 Å². The molecule has 2 amide bonds. The van der Waals surface area contributed by atoms with E-state index >= 15 is 0 Å². The van der Waals surface area contributed by atoms with E-state index in [2.05, 4.69) is 15.6 Å². The summed E-state index contributed by atoms with van der Waals surface area (Å²) in [5.41, 5.74) is 2.00. The topological polar surface area (TPSA) is 116 Å². The second-order valence-electron chi connectivity index (χ2n) is 7.32. The van der Waals surface area contributed by atoms with Crippen LogP contribution in [0.3, 0.4) is 0 Å².